The zero-order chi connectivity index (χ0) is 19.5. The molecule has 142 valence electrons. The van der Waals surface area contributed by atoms with Crippen LogP contribution < -0.4 is 9.47 Å². The second-order valence-corrected chi connectivity index (χ2v) is 6.65. The van der Waals surface area contributed by atoms with E-state index >= 15 is 0 Å². The normalized spacial score (nSPS) is 11.4. The molecule has 0 unspecified atom stereocenters. The number of carbonyl (C=O) groups is 1. The molecule has 2 rings (SSSR count). The summed E-state index contributed by atoms with van der Waals surface area (Å²) >= 11 is 0. The predicted octanol–water partition coefficient (Wildman–Crippen LogP) is 6.58. The van der Waals surface area contributed by atoms with Crippen LogP contribution in [0.5, 0.6) is 11.5 Å². The molecule has 2 aromatic rings. The Bertz CT molecular complexity index is 745. The number of hydrogen-bond acceptors (Lipinski definition) is 3. The van der Waals surface area contributed by atoms with Crippen LogP contribution in [0.1, 0.15) is 62.7 Å². The Morgan fingerprint density at radius 2 is 1.59 bits per heavy atom. The lowest BCUT2D eigenvalue weighted by Crippen LogP contribution is -2.11. The molecule has 2 aromatic carbocycles. The summed E-state index contributed by atoms with van der Waals surface area (Å²) in [5.74, 6) is 0.798. The summed E-state index contributed by atoms with van der Waals surface area (Å²) in [6.45, 7) is 11.2. The fraction of sp³-hybridized carbons (Fsp3) is 0.391. The first kappa shape index (κ1) is 20.5. The minimum atomic E-state index is -0.444. The predicted molar refractivity (Wildman–Crippen MR) is 108 cm³/mol. The van der Waals surface area contributed by atoms with Gasteiger partial charge < -0.3 is 9.47 Å². The van der Waals surface area contributed by atoms with E-state index in [9.17, 15) is 4.79 Å². The first-order chi connectivity index (χ1) is 13.1. The molecule has 27 heavy (non-hydrogen) atoms. The van der Waals surface area contributed by atoms with E-state index in [1.54, 1.807) is 36.4 Å². The monoisotopic (exact) mass is 365 g/mol. The highest BCUT2D eigenvalue weighted by atomic mass is 16.5. The van der Waals surface area contributed by atoms with Crippen LogP contribution in [0.25, 0.3) is 4.85 Å². The van der Waals surface area contributed by atoms with Gasteiger partial charge in [0, 0.05) is 0 Å². The van der Waals surface area contributed by atoms with Crippen molar-refractivity contribution in [3.63, 3.8) is 0 Å². The number of benzene rings is 2. The van der Waals surface area contributed by atoms with Gasteiger partial charge in [-0.1, -0.05) is 56.9 Å². The van der Waals surface area contributed by atoms with Crippen LogP contribution in [0.4, 0.5) is 5.69 Å². The Kier molecular flexibility index (Phi) is 8.38. The van der Waals surface area contributed by atoms with Gasteiger partial charge in [0.15, 0.2) is 5.69 Å². The van der Waals surface area contributed by atoms with Crippen molar-refractivity contribution in [1.29, 1.82) is 0 Å². The van der Waals surface area contributed by atoms with Gasteiger partial charge in [0.05, 0.1) is 18.2 Å². The van der Waals surface area contributed by atoms with E-state index in [0.717, 1.165) is 12.2 Å². The SMILES string of the molecule is [C-]#[N+]c1ccc(C(=O)Oc2ccc(O[C@H](C)CCCCCCC)cc2)cc1. The molecule has 0 spiro atoms. The van der Waals surface area contributed by atoms with Crippen molar-refractivity contribution in [3.05, 3.63) is 65.5 Å². The van der Waals surface area contributed by atoms with E-state index < -0.39 is 5.97 Å². The van der Waals surface area contributed by atoms with Crippen LogP contribution >= 0.6 is 0 Å². The summed E-state index contributed by atoms with van der Waals surface area (Å²) in [6, 6.07) is 13.5. The largest absolute Gasteiger partial charge is 0.491 e. The van der Waals surface area contributed by atoms with Crippen molar-refractivity contribution < 1.29 is 14.3 Å². The Balaban J connectivity index is 1.80. The minimum absolute atomic E-state index is 0.168. The van der Waals surface area contributed by atoms with E-state index in [1.165, 1.54) is 32.1 Å². The summed E-state index contributed by atoms with van der Waals surface area (Å²) < 4.78 is 11.3. The van der Waals surface area contributed by atoms with Crippen molar-refractivity contribution in [3.8, 4) is 11.5 Å². The number of nitrogens with zero attached hydrogens (tertiary/aromatic N) is 1. The molecule has 0 heterocycles. The average Bonchev–Trinajstić information content (AvgIpc) is 2.69. The standard InChI is InChI=1S/C23H27NO3/c1-4-5-6-7-8-9-18(2)26-21-14-16-22(17-15-21)27-23(25)19-10-12-20(24-3)13-11-19/h10-18H,4-9H2,1-2H3/t18-/m1/s1. The quantitative estimate of drug-likeness (QED) is 0.206. The van der Waals surface area contributed by atoms with Gasteiger partial charge in [-0.3, -0.25) is 0 Å². The summed E-state index contributed by atoms with van der Waals surface area (Å²) in [7, 11) is 0. The summed E-state index contributed by atoms with van der Waals surface area (Å²) in [5.41, 5.74) is 0.909. The van der Waals surface area contributed by atoms with Crippen molar-refractivity contribution in [2.45, 2.75) is 58.5 Å². The zero-order valence-electron chi connectivity index (χ0n) is 16.1. The lowest BCUT2D eigenvalue weighted by atomic mass is 10.1. The van der Waals surface area contributed by atoms with Gasteiger partial charge in [0.2, 0.25) is 0 Å². The summed E-state index contributed by atoms with van der Waals surface area (Å²) in [4.78, 5) is 15.4. The number of unbranched alkanes of at least 4 members (excludes halogenated alkanes) is 4. The fourth-order valence-corrected chi connectivity index (χ4v) is 2.75. The van der Waals surface area contributed by atoms with Crippen LogP contribution in [-0.2, 0) is 0 Å². The molecule has 0 bridgehead atoms. The topological polar surface area (TPSA) is 39.9 Å². The van der Waals surface area contributed by atoms with Crippen LogP contribution in [0.2, 0.25) is 0 Å². The molecule has 0 radical (unpaired) electrons. The number of ether oxygens (including phenoxy) is 2. The molecule has 0 aromatic heterocycles. The van der Waals surface area contributed by atoms with Crippen LogP contribution in [0.3, 0.4) is 0 Å². The van der Waals surface area contributed by atoms with Gasteiger partial charge in [0.25, 0.3) is 0 Å². The third-order valence-electron chi connectivity index (χ3n) is 4.32. The van der Waals surface area contributed by atoms with E-state index in [0.29, 0.717) is 17.0 Å². The number of carbonyl (C=O) groups excluding carboxylic acids is 1. The lowest BCUT2D eigenvalue weighted by Gasteiger charge is -2.15. The van der Waals surface area contributed by atoms with Gasteiger partial charge in [-0.2, -0.15) is 0 Å². The van der Waals surface area contributed by atoms with Gasteiger partial charge in [-0.15, -0.1) is 0 Å². The van der Waals surface area contributed by atoms with E-state index in [2.05, 4.69) is 18.7 Å². The molecule has 0 saturated heterocycles. The molecule has 0 aliphatic rings. The molecule has 1 atom stereocenters. The van der Waals surface area contributed by atoms with Crippen molar-refractivity contribution >= 4 is 11.7 Å². The molecule has 0 saturated carbocycles. The highest BCUT2D eigenvalue weighted by molar-refractivity contribution is 5.91. The summed E-state index contributed by atoms with van der Waals surface area (Å²) in [6.07, 6.45) is 7.51. The van der Waals surface area contributed by atoms with Crippen molar-refractivity contribution in [2.24, 2.45) is 0 Å². The second-order valence-electron chi connectivity index (χ2n) is 6.65. The zero-order valence-corrected chi connectivity index (χ0v) is 16.1. The van der Waals surface area contributed by atoms with Crippen molar-refractivity contribution in [2.75, 3.05) is 0 Å². The molecule has 0 N–H and O–H groups in total. The number of esters is 1. The molecular formula is C23H27NO3. The number of hydrogen-bond donors (Lipinski definition) is 0. The minimum Gasteiger partial charge on any atom is -0.491 e. The Hall–Kier alpha value is -2.80. The van der Waals surface area contributed by atoms with Crippen molar-refractivity contribution in [1.82, 2.24) is 0 Å². The molecule has 4 nitrogen and oxygen atoms in total. The van der Waals surface area contributed by atoms with Crippen LogP contribution in [0.15, 0.2) is 48.5 Å². The van der Waals surface area contributed by atoms with Crippen LogP contribution in [-0.4, -0.2) is 12.1 Å². The molecule has 0 fully saturated rings. The van der Waals surface area contributed by atoms with Crippen LogP contribution in [0, 0.1) is 6.57 Å². The molecule has 0 amide bonds. The van der Waals surface area contributed by atoms with Gasteiger partial charge in [-0.25, -0.2) is 9.64 Å². The first-order valence-electron chi connectivity index (χ1n) is 9.58. The highest BCUT2D eigenvalue weighted by Crippen LogP contribution is 2.21. The van der Waals surface area contributed by atoms with E-state index in [1.807, 2.05) is 12.1 Å². The van der Waals surface area contributed by atoms with E-state index in [4.69, 9.17) is 16.0 Å². The molecule has 0 aliphatic heterocycles. The summed E-state index contributed by atoms with van der Waals surface area (Å²) in [5, 5.41) is 0. The van der Waals surface area contributed by atoms with E-state index in [-0.39, 0.29) is 6.10 Å². The third-order valence-corrected chi connectivity index (χ3v) is 4.32. The Morgan fingerprint density at radius 1 is 0.963 bits per heavy atom. The lowest BCUT2D eigenvalue weighted by molar-refractivity contribution is 0.0734. The molecule has 4 heteroatoms. The maximum Gasteiger partial charge on any atom is 0.343 e. The van der Waals surface area contributed by atoms with Gasteiger partial charge >= 0.3 is 5.97 Å². The van der Waals surface area contributed by atoms with Gasteiger partial charge in [0.1, 0.15) is 11.5 Å². The second kappa shape index (κ2) is 11.0. The number of rotatable bonds is 10. The first-order valence-corrected chi connectivity index (χ1v) is 9.58. The highest BCUT2D eigenvalue weighted by Gasteiger charge is 2.09. The Morgan fingerprint density at radius 3 is 2.22 bits per heavy atom. The maximum absolute atomic E-state index is 12.1. The van der Waals surface area contributed by atoms with Gasteiger partial charge in [-0.05, 0) is 44.0 Å². The molecular weight excluding hydrogens is 338 g/mol. The fourth-order valence-electron chi connectivity index (χ4n) is 2.75. The third kappa shape index (κ3) is 7.15. The Labute approximate surface area is 161 Å². The molecule has 0 aliphatic carbocycles. The maximum atomic E-state index is 12.1. The smallest absolute Gasteiger partial charge is 0.343 e. The average molecular weight is 365 g/mol.